The number of halogens is 2. The van der Waals surface area contributed by atoms with Gasteiger partial charge >= 0.3 is 0 Å². The number of aryl methyl sites for hydroxylation is 1. The molecule has 1 heterocycles. The van der Waals surface area contributed by atoms with Crippen LogP contribution in [0.4, 0.5) is 5.69 Å². The molecule has 0 amide bonds. The number of nitrogens with zero attached hydrogens (tertiary/aromatic N) is 1. The van der Waals surface area contributed by atoms with Crippen molar-refractivity contribution in [2.75, 3.05) is 12.4 Å². The highest BCUT2D eigenvalue weighted by molar-refractivity contribution is 9.10. The van der Waals surface area contributed by atoms with Crippen molar-refractivity contribution in [3.05, 3.63) is 33.4 Å². The van der Waals surface area contributed by atoms with Crippen LogP contribution in [0.25, 0.3) is 10.9 Å². The van der Waals surface area contributed by atoms with E-state index in [1.165, 1.54) is 0 Å². The van der Waals surface area contributed by atoms with Gasteiger partial charge in [-0.15, -0.1) is 0 Å². The maximum absolute atomic E-state index is 6.18. The standard InChI is InChI=1S/C12H12BrClN2/c1-3-7-6-10(15-2)11-8(13)4-5-9(14)12(11)16-7/h4-6H,3H2,1-2H3,(H,15,16). The molecule has 1 aromatic heterocycles. The number of benzene rings is 1. The van der Waals surface area contributed by atoms with Crippen molar-refractivity contribution in [1.29, 1.82) is 0 Å². The molecule has 0 aliphatic heterocycles. The Balaban J connectivity index is 2.88. The van der Waals surface area contributed by atoms with Crippen LogP contribution in [0.5, 0.6) is 0 Å². The van der Waals surface area contributed by atoms with Crippen molar-refractivity contribution >= 4 is 44.1 Å². The van der Waals surface area contributed by atoms with Gasteiger partial charge in [-0.1, -0.05) is 34.5 Å². The molecule has 0 aliphatic carbocycles. The van der Waals surface area contributed by atoms with Crippen LogP contribution in [0.15, 0.2) is 22.7 Å². The molecule has 0 aliphatic rings. The molecule has 0 fully saturated rings. The van der Waals surface area contributed by atoms with E-state index < -0.39 is 0 Å². The fourth-order valence-corrected chi connectivity index (χ4v) is 2.43. The van der Waals surface area contributed by atoms with Crippen LogP contribution in [0.1, 0.15) is 12.6 Å². The molecule has 0 bridgehead atoms. The molecule has 16 heavy (non-hydrogen) atoms. The van der Waals surface area contributed by atoms with Crippen LogP contribution in [-0.2, 0) is 6.42 Å². The number of hydrogen-bond donors (Lipinski definition) is 1. The maximum atomic E-state index is 6.18. The van der Waals surface area contributed by atoms with Crippen molar-refractivity contribution in [2.45, 2.75) is 13.3 Å². The first kappa shape index (κ1) is 11.7. The summed E-state index contributed by atoms with van der Waals surface area (Å²) in [4.78, 5) is 4.56. The van der Waals surface area contributed by atoms with E-state index in [1.54, 1.807) is 0 Å². The Morgan fingerprint density at radius 1 is 1.44 bits per heavy atom. The number of rotatable bonds is 2. The van der Waals surface area contributed by atoms with Crippen LogP contribution in [0.3, 0.4) is 0 Å². The summed E-state index contributed by atoms with van der Waals surface area (Å²) < 4.78 is 1.01. The molecule has 84 valence electrons. The minimum atomic E-state index is 0.685. The van der Waals surface area contributed by atoms with Gasteiger partial charge in [-0.3, -0.25) is 4.98 Å². The molecule has 0 saturated carbocycles. The number of anilines is 1. The first-order valence-electron chi connectivity index (χ1n) is 5.12. The van der Waals surface area contributed by atoms with E-state index in [1.807, 2.05) is 19.2 Å². The average molecular weight is 300 g/mol. The predicted octanol–water partition coefficient (Wildman–Crippen LogP) is 4.25. The van der Waals surface area contributed by atoms with E-state index >= 15 is 0 Å². The van der Waals surface area contributed by atoms with Crippen LogP contribution < -0.4 is 5.32 Å². The van der Waals surface area contributed by atoms with Crippen LogP contribution >= 0.6 is 27.5 Å². The van der Waals surface area contributed by atoms with Crippen molar-refractivity contribution < 1.29 is 0 Å². The molecule has 0 atom stereocenters. The Bertz CT molecular complexity index is 540. The summed E-state index contributed by atoms with van der Waals surface area (Å²) in [7, 11) is 1.90. The van der Waals surface area contributed by atoms with Crippen LogP contribution in [0, 0.1) is 0 Å². The van der Waals surface area contributed by atoms with Gasteiger partial charge in [0.05, 0.1) is 10.5 Å². The molecule has 0 unspecified atom stereocenters. The molecular formula is C12H12BrClN2. The van der Waals surface area contributed by atoms with E-state index in [0.29, 0.717) is 5.02 Å². The molecule has 2 nitrogen and oxygen atoms in total. The monoisotopic (exact) mass is 298 g/mol. The lowest BCUT2D eigenvalue weighted by molar-refractivity contribution is 1.06. The molecule has 1 N–H and O–H groups in total. The second kappa shape index (κ2) is 4.60. The van der Waals surface area contributed by atoms with Gasteiger partial charge < -0.3 is 5.32 Å². The third-order valence-electron chi connectivity index (χ3n) is 2.55. The number of fused-ring (bicyclic) bond motifs is 1. The number of aromatic nitrogens is 1. The average Bonchev–Trinajstić information content (AvgIpc) is 2.32. The zero-order valence-electron chi connectivity index (χ0n) is 9.14. The van der Waals surface area contributed by atoms with E-state index in [0.717, 1.165) is 33.2 Å². The van der Waals surface area contributed by atoms with Gasteiger partial charge in [0.2, 0.25) is 0 Å². The second-order valence-corrected chi connectivity index (χ2v) is 4.78. The summed E-state index contributed by atoms with van der Waals surface area (Å²) in [6, 6.07) is 5.86. The van der Waals surface area contributed by atoms with Gasteiger partial charge in [0, 0.05) is 28.3 Å². The molecule has 0 radical (unpaired) electrons. The van der Waals surface area contributed by atoms with Gasteiger partial charge in [0.25, 0.3) is 0 Å². The number of hydrogen-bond acceptors (Lipinski definition) is 2. The smallest absolute Gasteiger partial charge is 0.0923 e. The normalized spacial score (nSPS) is 10.8. The lowest BCUT2D eigenvalue weighted by atomic mass is 10.1. The highest BCUT2D eigenvalue weighted by Gasteiger charge is 2.10. The van der Waals surface area contributed by atoms with Gasteiger partial charge in [-0.05, 0) is 24.6 Å². The van der Waals surface area contributed by atoms with Gasteiger partial charge in [0.15, 0.2) is 0 Å². The summed E-state index contributed by atoms with van der Waals surface area (Å²) in [5.74, 6) is 0. The molecule has 2 aromatic rings. The van der Waals surface area contributed by atoms with E-state index in [2.05, 4.69) is 39.2 Å². The fourth-order valence-electron chi connectivity index (χ4n) is 1.70. The Labute approximate surface area is 108 Å². The molecule has 0 saturated heterocycles. The van der Waals surface area contributed by atoms with Crippen molar-refractivity contribution in [3.63, 3.8) is 0 Å². The maximum Gasteiger partial charge on any atom is 0.0923 e. The number of nitrogens with one attached hydrogen (secondary N) is 1. The number of pyridine rings is 1. The highest BCUT2D eigenvalue weighted by atomic mass is 79.9. The van der Waals surface area contributed by atoms with Crippen molar-refractivity contribution in [3.8, 4) is 0 Å². The lowest BCUT2D eigenvalue weighted by Gasteiger charge is -2.10. The summed E-state index contributed by atoms with van der Waals surface area (Å²) in [5.41, 5.74) is 2.94. The minimum Gasteiger partial charge on any atom is -0.387 e. The SMILES string of the molecule is CCc1cc(NC)c2c(Br)ccc(Cl)c2n1. The minimum absolute atomic E-state index is 0.685. The van der Waals surface area contributed by atoms with Gasteiger partial charge in [0.1, 0.15) is 0 Å². The zero-order chi connectivity index (χ0) is 11.7. The fraction of sp³-hybridized carbons (Fsp3) is 0.250. The summed E-state index contributed by atoms with van der Waals surface area (Å²) in [6.07, 6.45) is 0.896. The Kier molecular flexibility index (Phi) is 3.36. The third-order valence-corrected chi connectivity index (χ3v) is 3.51. The molecule has 1 aromatic carbocycles. The third kappa shape index (κ3) is 1.89. The summed E-state index contributed by atoms with van der Waals surface area (Å²) in [5, 5.41) is 4.90. The van der Waals surface area contributed by atoms with E-state index in [9.17, 15) is 0 Å². The first-order chi connectivity index (χ1) is 7.67. The first-order valence-corrected chi connectivity index (χ1v) is 6.29. The largest absolute Gasteiger partial charge is 0.387 e. The molecule has 2 rings (SSSR count). The van der Waals surface area contributed by atoms with Gasteiger partial charge in [-0.2, -0.15) is 0 Å². The molecule has 0 spiro atoms. The van der Waals surface area contributed by atoms with Crippen LogP contribution in [-0.4, -0.2) is 12.0 Å². The van der Waals surface area contributed by atoms with Crippen molar-refractivity contribution in [1.82, 2.24) is 4.98 Å². The molecular weight excluding hydrogens is 288 g/mol. The quantitative estimate of drug-likeness (QED) is 0.896. The summed E-state index contributed by atoms with van der Waals surface area (Å²) >= 11 is 9.71. The summed E-state index contributed by atoms with van der Waals surface area (Å²) in [6.45, 7) is 2.08. The van der Waals surface area contributed by atoms with Gasteiger partial charge in [-0.25, -0.2) is 0 Å². The van der Waals surface area contributed by atoms with E-state index in [-0.39, 0.29) is 0 Å². The highest BCUT2D eigenvalue weighted by Crippen LogP contribution is 2.34. The predicted molar refractivity (Wildman–Crippen MR) is 73.4 cm³/mol. The lowest BCUT2D eigenvalue weighted by Crippen LogP contribution is -1.96. The second-order valence-electron chi connectivity index (χ2n) is 3.52. The van der Waals surface area contributed by atoms with Crippen LogP contribution in [0.2, 0.25) is 5.02 Å². The van der Waals surface area contributed by atoms with Crippen molar-refractivity contribution in [2.24, 2.45) is 0 Å². The Morgan fingerprint density at radius 3 is 2.81 bits per heavy atom. The topological polar surface area (TPSA) is 24.9 Å². The molecule has 4 heteroatoms. The zero-order valence-corrected chi connectivity index (χ0v) is 11.5. The Morgan fingerprint density at radius 2 is 2.19 bits per heavy atom. The Hall–Kier alpha value is -0.800. The van der Waals surface area contributed by atoms with E-state index in [4.69, 9.17) is 11.6 Å².